The molecule has 3 rings (SSSR count). The third-order valence-electron chi connectivity index (χ3n) is 3.68. The molecule has 5 nitrogen and oxygen atoms in total. The van der Waals surface area contributed by atoms with E-state index in [1.165, 1.54) is 0 Å². The fraction of sp³-hybridized carbons (Fsp3) is 0.312. The molecule has 0 saturated carbocycles. The predicted molar refractivity (Wildman–Crippen MR) is 101 cm³/mol. The third-order valence-corrected chi connectivity index (χ3v) is 5.80. The van der Waals surface area contributed by atoms with Gasteiger partial charge in [-0.1, -0.05) is 6.07 Å². The zero-order valence-electron chi connectivity index (χ0n) is 12.9. The van der Waals surface area contributed by atoms with Crippen LogP contribution >= 0.6 is 39.5 Å². The van der Waals surface area contributed by atoms with Crippen LogP contribution < -0.4 is 5.32 Å². The van der Waals surface area contributed by atoms with E-state index in [1.54, 1.807) is 24.5 Å². The van der Waals surface area contributed by atoms with Crippen LogP contribution in [0.2, 0.25) is 0 Å². The van der Waals surface area contributed by atoms with Crippen LogP contribution in [0.5, 0.6) is 0 Å². The van der Waals surface area contributed by atoms with Gasteiger partial charge in [-0.05, 0) is 53.3 Å². The van der Waals surface area contributed by atoms with Crippen molar-refractivity contribution in [3.8, 4) is 0 Å². The number of nitrogens with one attached hydrogen (secondary N) is 1. The number of thiocarbonyl (C=S) groups is 1. The fourth-order valence-corrected chi connectivity index (χ4v) is 4.61. The van der Waals surface area contributed by atoms with Gasteiger partial charge in [-0.3, -0.25) is 9.78 Å². The number of thiophene rings is 1. The molecule has 24 heavy (non-hydrogen) atoms. The summed E-state index contributed by atoms with van der Waals surface area (Å²) in [6.07, 6.45) is 1.76. The van der Waals surface area contributed by atoms with Crippen LogP contribution in [0.15, 0.2) is 40.3 Å². The van der Waals surface area contributed by atoms with Crippen LogP contribution in [-0.2, 0) is 9.53 Å². The molecule has 1 fully saturated rings. The van der Waals surface area contributed by atoms with Crippen LogP contribution in [0.4, 0.5) is 0 Å². The maximum absolute atomic E-state index is 12.0. The van der Waals surface area contributed by atoms with Crippen LogP contribution in [0, 0.1) is 0 Å². The minimum atomic E-state index is -0.288. The first-order chi connectivity index (χ1) is 11.6. The number of aromatic nitrogens is 1. The quantitative estimate of drug-likeness (QED) is 0.584. The lowest BCUT2D eigenvalue weighted by Gasteiger charge is -2.25. The summed E-state index contributed by atoms with van der Waals surface area (Å²) in [7, 11) is 0. The van der Waals surface area contributed by atoms with E-state index in [1.807, 2.05) is 28.5 Å². The van der Waals surface area contributed by atoms with Crippen molar-refractivity contribution in [3.63, 3.8) is 0 Å². The Bertz CT molecular complexity index is 738. The van der Waals surface area contributed by atoms with Gasteiger partial charge in [0, 0.05) is 20.9 Å². The fourth-order valence-electron chi connectivity index (χ4n) is 2.71. The molecule has 0 amide bonds. The summed E-state index contributed by atoms with van der Waals surface area (Å²) < 4.78 is 6.10. The van der Waals surface area contributed by atoms with Gasteiger partial charge in [0.1, 0.15) is 6.54 Å². The van der Waals surface area contributed by atoms with Gasteiger partial charge >= 0.3 is 5.97 Å². The largest absolute Gasteiger partial charge is 0.465 e. The van der Waals surface area contributed by atoms with Crippen molar-refractivity contribution >= 4 is 50.6 Å². The van der Waals surface area contributed by atoms with Gasteiger partial charge in [0.2, 0.25) is 0 Å². The minimum absolute atomic E-state index is 0.104. The average Bonchev–Trinajstić information content (AvgIpc) is 3.13. The molecule has 8 heteroatoms. The van der Waals surface area contributed by atoms with Crippen LogP contribution in [0.25, 0.3) is 0 Å². The standard InChI is InChI=1S/C16H16BrN3O2S2/c1-2-22-13(21)8-20-15(12-7-10(17)9-24-12)14(19-16(20)23)11-5-3-4-6-18-11/h3-7,9,14-15H,2,8H2,1H3,(H,19,23). The van der Waals surface area contributed by atoms with Gasteiger partial charge in [0.15, 0.2) is 5.11 Å². The first-order valence-corrected chi connectivity index (χ1v) is 9.56. The smallest absolute Gasteiger partial charge is 0.325 e. The number of hydrogen-bond acceptors (Lipinski definition) is 5. The molecule has 0 aliphatic carbocycles. The second-order valence-corrected chi connectivity index (χ2v) is 7.47. The van der Waals surface area contributed by atoms with Crippen molar-refractivity contribution in [1.82, 2.24) is 15.2 Å². The van der Waals surface area contributed by atoms with Crippen LogP contribution in [-0.4, -0.2) is 34.1 Å². The Morgan fingerprint density at radius 3 is 3.00 bits per heavy atom. The second-order valence-electron chi connectivity index (χ2n) is 5.23. The highest BCUT2D eigenvalue weighted by molar-refractivity contribution is 9.10. The van der Waals surface area contributed by atoms with Gasteiger partial charge in [-0.2, -0.15) is 0 Å². The lowest BCUT2D eigenvalue weighted by atomic mass is 10.0. The highest BCUT2D eigenvalue weighted by Crippen LogP contribution is 2.41. The molecule has 1 aliphatic rings. The van der Waals surface area contributed by atoms with Crippen molar-refractivity contribution in [3.05, 3.63) is 50.9 Å². The topological polar surface area (TPSA) is 54.5 Å². The molecule has 0 bridgehead atoms. The molecule has 0 aromatic carbocycles. The van der Waals surface area contributed by atoms with E-state index >= 15 is 0 Å². The first-order valence-electron chi connectivity index (χ1n) is 7.47. The Labute approximate surface area is 158 Å². The molecule has 2 aromatic heterocycles. The first kappa shape index (κ1) is 17.3. The Morgan fingerprint density at radius 2 is 2.38 bits per heavy atom. The minimum Gasteiger partial charge on any atom is -0.465 e. The zero-order valence-corrected chi connectivity index (χ0v) is 16.2. The lowest BCUT2D eigenvalue weighted by Crippen LogP contribution is -2.35. The molecule has 2 unspecified atom stereocenters. The number of halogens is 1. The summed E-state index contributed by atoms with van der Waals surface area (Å²) in [4.78, 5) is 19.4. The van der Waals surface area contributed by atoms with Crippen molar-refractivity contribution < 1.29 is 9.53 Å². The van der Waals surface area contributed by atoms with E-state index in [4.69, 9.17) is 17.0 Å². The molecule has 1 saturated heterocycles. The molecule has 0 radical (unpaired) electrons. The number of pyridine rings is 1. The Balaban J connectivity index is 1.95. The Kier molecular flexibility index (Phi) is 5.47. The molecular formula is C16H16BrN3O2S2. The van der Waals surface area contributed by atoms with E-state index in [2.05, 4.69) is 32.3 Å². The summed E-state index contributed by atoms with van der Waals surface area (Å²) in [5, 5.41) is 5.86. The number of nitrogens with zero attached hydrogens (tertiary/aromatic N) is 2. The summed E-state index contributed by atoms with van der Waals surface area (Å²) >= 11 is 10.6. The maximum atomic E-state index is 12.0. The molecule has 2 atom stereocenters. The molecule has 1 N–H and O–H groups in total. The van der Waals surface area contributed by atoms with E-state index < -0.39 is 0 Å². The maximum Gasteiger partial charge on any atom is 0.325 e. The van der Waals surface area contributed by atoms with Crippen molar-refractivity contribution in [2.75, 3.05) is 13.2 Å². The molecular weight excluding hydrogens is 410 g/mol. The van der Waals surface area contributed by atoms with E-state index in [-0.39, 0.29) is 24.6 Å². The third kappa shape index (κ3) is 3.60. The van der Waals surface area contributed by atoms with Gasteiger partial charge < -0.3 is 15.0 Å². The number of carbonyl (C=O) groups excluding carboxylic acids is 1. The average molecular weight is 426 g/mol. The van der Waals surface area contributed by atoms with Crippen molar-refractivity contribution in [1.29, 1.82) is 0 Å². The normalized spacial score (nSPS) is 20.1. The van der Waals surface area contributed by atoms with Gasteiger partial charge in [0.05, 0.1) is 24.4 Å². The summed E-state index contributed by atoms with van der Waals surface area (Å²) in [6.45, 7) is 2.26. The molecule has 0 spiro atoms. The monoisotopic (exact) mass is 425 g/mol. The Morgan fingerprint density at radius 1 is 1.54 bits per heavy atom. The summed E-state index contributed by atoms with van der Waals surface area (Å²) in [5.41, 5.74) is 0.890. The number of hydrogen-bond donors (Lipinski definition) is 1. The van der Waals surface area contributed by atoms with Crippen LogP contribution in [0.1, 0.15) is 29.6 Å². The molecule has 2 aromatic rings. The summed E-state index contributed by atoms with van der Waals surface area (Å²) in [6, 6.07) is 7.63. The number of rotatable bonds is 5. The highest BCUT2D eigenvalue weighted by atomic mass is 79.9. The zero-order chi connectivity index (χ0) is 17.1. The van der Waals surface area contributed by atoms with E-state index in [9.17, 15) is 4.79 Å². The van der Waals surface area contributed by atoms with Gasteiger partial charge in [-0.25, -0.2) is 0 Å². The highest BCUT2D eigenvalue weighted by Gasteiger charge is 2.41. The number of carbonyl (C=O) groups is 1. The van der Waals surface area contributed by atoms with Crippen LogP contribution in [0.3, 0.4) is 0 Å². The van der Waals surface area contributed by atoms with E-state index in [0.29, 0.717) is 11.7 Å². The molecule has 126 valence electrons. The Hall–Kier alpha value is -1.51. The molecule has 3 heterocycles. The van der Waals surface area contributed by atoms with E-state index in [0.717, 1.165) is 15.0 Å². The molecule has 1 aliphatic heterocycles. The second kappa shape index (κ2) is 7.58. The van der Waals surface area contributed by atoms with Gasteiger partial charge in [0.25, 0.3) is 0 Å². The SMILES string of the molecule is CCOC(=O)CN1C(=S)NC(c2ccccn2)C1c1cc(Br)cs1. The summed E-state index contributed by atoms with van der Waals surface area (Å²) in [5.74, 6) is -0.288. The number of esters is 1. The number of ether oxygens (including phenoxy) is 1. The van der Waals surface area contributed by atoms with Crippen molar-refractivity contribution in [2.24, 2.45) is 0 Å². The lowest BCUT2D eigenvalue weighted by molar-refractivity contribution is -0.143. The van der Waals surface area contributed by atoms with Crippen molar-refractivity contribution in [2.45, 2.75) is 19.0 Å². The predicted octanol–water partition coefficient (Wildman–Crippen LogP) is 3.44. The van der Waals surface area contributed by atoms with Gasteiger partial charge in [-0.15, -0.1) is 11.3 Å².